The first-order chi connectivity index (χ1) is 18.6. The van der Waals surface area contributed by atoms with Crippen molar-refractivity contribution >= 4 is 0 Å². The second kappa shape index (κ2) is 13.3. The zero-order chi connectivity index (χ0) is 26.5. The molecule has 4 aliphatic rings. The van der Waals surface area contributed by atoms with E-state index in [-0.39, 0.29) is 11.7 Å². The average Bonchev–Trinajstić information content (AvgIpc) is 2.97. The van der Waals surface area contributed by atoms with Gasteiger partial charge in [0.1, 0.15) is 0 Å². The van der Waals surface area contributed by atoms with E-state index in [1.807, 2.05) is 0 Å². The predicted octanol–water partition coefficient (Wildman–Crippen LogP) is 9.62. The lowest BCUT2D eigenvalue weighted by Crippen LogP contribution is -2.37. The van der Waals surface area contributed by atoms with E-state index in [1.165, 1.54) is 64.2 Å². The normalized spacial score (nSPS) is 36.8. The van der Waals surface area contributed by atoms with Crippen LogP contribution in [-0.2, 0) is 4.74 Å². The molecule has 4 fully saturated rings. The molecule has 1 aromatic rings. The highest BCUT2D eigenvalue weighted by Crippen LogP contribution is 2.47. The van der Waals surface area contributed by atoms with Crippen molar-refractivity contribution in [3.63, 3.8) is 0 Å². The molecule has 0 spiro atoms. The Labute approximate surface area is 229 Å². The molecule has 0 radical (unpaired) electrons. The summed E-state index contributed by atoms with van der Waals surface area (Å²) in [6.07, 6.45) is 22.8. The zero-order valence-electron chi connectivity index (χ0n) is 23.8. The van der Waals surface area contributed by atoms with Crippen molar-refractivity contribution in [2.75, 3.05) is 13.2 Å². The molecule has 2 nitrogen and oxygen atoms in total. The van der Waals surface area contributed by atoms with Crippen LogP contribution in [0.15, 0.2) is 24.3 Å². The molecule has 2 atom stereocenters. The van der Waals surface area contributed by atoms with Crippen LogP contribution in [0.25, 0.3) is 0 Å². The SMILES string of the molecule is C/C=C/C1CCC(C2CCC(C3CCC(C4CCC(c5ccc(OCC)c(F)c5F)CC4)CC3)CO2)CC1. The summed E-state index contributed by atoms with van der Waals surface area (Å²) in [7, 11) is 0. The van der Waals surface area contributed by atoms with E-state index in [2.05, 4.69) is 19.1 Å². The zero-order valence-corrected chi connectivity index (χ0v) is 23.8. The highest BCUT2D eigenvalue weighted by Gasteiger charge is 2.37. The molecule has 0 aromatic heterocycles. The molecular weight excluding hydrogens is 478 g/mol. The van der Waals surface area contributed by atoms with E-state index in [4.69, 9.17) is 9.47 Å². The number of hydrogen-bond donors (Lipinski definition) is 0. The summed E-state index contributed by atoms with van der Waals surface area (Å²) >= 11 is 0. The Bertz CT molecular complexity index is 897. The molecular formula is C34H50F2O2. The molecule has 1 aliphatic heterocycles. The van der Waals surface area contributed by atoms with Crippen molar-refractivity contribution < 1.29 is 18.3 Å². The van der Waals surface area contributed by atoms with Crippen molar-refractivity contribution in [1.82, 2.24) is 0 Å². The largest absolute Gasteiger partial charge is 0.491 e. The van der Waals surface area contributed by atoms with Crippen LogP contribution in [0.2, 0.25) is 0 Å². The maximum Gasteiger partial charge on any atom is 0.200 e. The van der Waals surface area contributed by atoms with Crippen molar-refractivity contribution in [3.8, 4) is 5.75 Å². The molecule has 1 saturated heterocycles. The number of benzene rings is 1. The van der Waals surface area contributed by atoms with Crippen LogP contribution in [0.4, 0.5) is 8.78 Å². The highest BCUT2D eigenvalue weighted by molar-refractivity contribution is 5.33. The monoisotopic (exact) mass is 528 g/mol. The average molecular weight is 529 g/mol. The number of rotatable bonds is 7. The molecule has 0 N–H and O–H groups in total. The van der Waals surface area contributed by atoms with E-state index in [0.717, 1.165) is 67.8 Å². The van der Waals surface area contributed by atoms with Gasteiger partial charge in [-0.2, -0.15) is 4.39 Å². The van der Waals surface area contributed by atoms with Crippen LogP contribution in [0.1, 0.15) is 115 Å². The summed E-state index contributed by atoms with van der Waals surface area (Å²) in [6, 6.07) is 3.36. The molecule has 1 aromatic carbocycles. The van der Waals surface area contributed by atoms with E-state index >= 15 is 0 Å². The van der Waals surface area contributed by atoms with Crippen molar-refractivity contribution in [3.05, 3.63) is 41.5 Å². The number of ether oxygens (including phenoxy) is 2. The van der Waals surface area contributed by atoms with Crippen LogP contribution >= 0.6 is 0 Å². The summed E-state index contributed by atoms with van der Waals surface area (Å²) in [5.41, 5.74) is 0.551. The molecule has 212 valence electrons. The first-order valence-corrected chi connectivity index (χ1v) is 15.9. The Hall–Kier alpha value is -1.42. The van der Waals surface area contributed by atoms with Crippen LogP contribution < -0.4 is 4.74 Å². The molecule has 3 aliphatic carbocycles. The third kappa shape index (κ3) is 6.48. The van der Waals surface area contributed by atoms with Gasteiger partial charge >= 0.3 is 0 Å². The maximum absolute atomic E-state index is 14.7. The Kier molecular flexibility index (Phi) is 9.84. The molecule has 1 heterocycles. The molecule has 0 amide bonds. The molecule has 2 unspecified atom stereocenters. The second-order valence-corrected chi connectivity index (χ2v) is 12.9. The lowest BCUT2D eigenvalue weighted by atomic mass is 9.66. The minimum atomic E-state index is -0.820. The van der Waals surface area contributed by atoms with Crippen molar-refractivity contribution in [1.29, 1.82) is 0 Å². The fourth-order valence-corrected chi connectivity index (χ4v) is 8.64. The molecule has 38 heavy (non-hydrogen) atoms. The van der Waals surface area contributed by atoms with Gasteiger partial charge in [-0.05, 0) is 157 Å². The topological polar surface area (TPSA) is 18.5 Å². The summed E-state index contributed by atoms with van der Waals surface area (Å²) in [5, 5.41) is 0. The summed E-state index contributed by atoms with van der Waals surface area (Å²) in [5.74, 6) is 3.42. The smallest absolute Gasteiger partial charge is 0.200 e. The quantitative estimate of drug-likeness (QED) is 0.328. The van der Waals surface area contributed by atoms with Crippen LogP contribution in [0, 0.1) is 47.1 Å². The van der Waals surface area contributed by atoms with E-state index < -0.39 is 11.6 Å². The lowest BCUT2D eigenvalue weighted by molar-refractivity contribution is -0.0738. The van der Waals surface area contributed by atoms with Crippen LogP contribution in [0.5, 0.6) is 5.75 Å². The molecule has 3 saturated carbocycles. The molecule has 0 bridgehead atoms. The molecule has 4 heteroatoms. The Morgan fingerprint density at radius 1 is 0.737 bits per heavy atom. The first-order valence-electron chi connectivity index (χ1n) is 15.9. The third-order valence-corrected chi connectivity index (χ3v) is 10.9. The van der Waals surface area contributed by atoms with E-state index in [1.54, 1.807) is 19.1 Å². The number of allylic oxidation sites excluding steroid dienone is 2. The predicted molar refractivity (Wildman–Crippen MR) is 150 cm³/mol. The maximum atomic E-state index is 14.7. The van der Waals surface area contributed by atoms with Gasteiger partial charge in [0.25, 0.3) is 0 Å². The Morgan fingerprint density at radius 2 is 1.32 bits per heavy atom. The number of hydrogen-bond acceptors (Lipinski definition) is 2. The fraction of sp³-hybridized carbons (Fsp3) is 0.765. The summed E-state index contributed by atoms with van der Waals surface area (Å²) in [6.45, 7) is 5.26. The van der Waals surface area contributed by atoms with Gasteiger partial charge in [-0.3, -0.25) is 0 Å². The standard InChI is InChI=1S/C34H50F2O2/c1-3-5-23-6-8-28(9-7-23)31-20-18-29(22-38-31)26-12-10-24(11-13-26)25-14-16-27(17-15-25)30-19-21-32(37-4-2)34(36)33(30)35/h3,5,19,21,23-29,31H,4,6-18,20,22H2,1-2H3/b5-3+. The highest BCUT2D eigenvalue weighted by atomic mass is 19.2. The van der Waals surface area contributed by atoms with E-state index in [0.29, 0.717) is 18.3 Å². The van der Waals surface area contributed by atoms with E-state index in [9.17, 15) is 8.78 Å². The van der Waals surface area contributed by atoms with Gasteiger partial charge in [-0.15, -0.1) is 0 Å². The Morgan fingerprint density at radius 3 is 1.89 bits per heavy atom. The number of halogens is 2. The van der Waals surface area contributed by atoms with Crippen molar-refractivity contribution in [2.45, 2.75) is 116 Å². The third-order valence-electron chi connectivity index (χ3n) is 10.9. The first kappa shape index (κ1) is 28.1. The Balaban J connectivity index is 1.03. The van der Waals surface area contributed by atoms with Gasteiger partial charge in [0, 0.05) is 0 Å². The summed E-state index contributed by atoms with van der Waals surface area (Å²) in [4.78, 5) is 0. The van der Waals surface area contributed by atoms with Gasteiger partial charge in [0.15, 0.2) is 11.6 Å². The molecule has 5 rings (SSSR count). The van der Waals surface area contributed by atoms with Crippen LogP contribution in [-0.4, -0.2) is 19.3 Å². The van der Waals surface area contributed by atoms with Gasteiger partial charge in [-0.1, -0.05) is 18.2 Å². The van der Waals surface area contributed by atoms with Gasteiger partial charge in [-0.25, -0.2) is 4.39 Å². The minimum Gasteiger partial charge on any atom is -0.491 e. The summed E-state index contributed by atoms with van der Waals surface area (Å²) < 4.78 is 40.9. The van der Waals surface area contributed by atoms with Crippen LogP contribution in [0.3, 0.4) is 0 Å². The lowest BCUT2D eigenvalue weighted by Gasteiger charge is -2.43. The van der Waals surface area contributed by atoms with Gasteiger partial charge < -0.3 is 9.47 Å². The van der Waals surface area contributed by atoms with Gasteiger partial charge in [0.2, 0.25) is 5.82 Å². The minimum absolute atomic E-state index is 0.0327. The second-order valence-electron chi connectivity index (χ2n) is 12.9. The fourth-order valence-electron chi connectivity index (χ4n) is 8.64. The van der Waals surface area contributed by atoms with Gasteiger partial charge in [0.05, 0.1) is 19.3 Å². The van der Waals surface area contributed by atoms with Crippen molar-refractivity contribution in [2.24, 2.45) is 35.5 Å².